The molecule has 0 amide bonds. The highest BCUT2D eigenvalue weighted by Gasteiger charge is 2.52. The van der Waals surface area contributed by atoms with Crippen LogP contribution in [-0.4, -0.2) is 40.9 Å². The summed E-state index contributed by atoms with van der Waals surface area (Å²) < 4.78 is 20.0. The lowest BCUT2D eigenvalue weighted by atomic mass is 9.87. The second-order valence-electron chi connectivity index (χ2n) is 11.3. The number of aryl methyl sites for hydroxylation is 1. The Bertz CT molecular complexity index is 777. The summed E-state index contributed by atoms with van der Waals surface area (Å²) in [7, 11) is -3.43. The van der Waals surface area contributed by atoms with Crippen LogP contribution in [0.4, 0.5) is 0 Å². The Kier molecular flexibility index (Phi) is 11.3. The van der Waals surface area contributed by atoms with Gasteiger partial charge in [0.15, 0.2) is 16.6 Å². The lowest BCUT2D eigenvalue weighted by Gasteiger charge is -2.37. The predicted molar refractivity (Wildman–Crippen MR) is 154 cm³/mol. The number of carbonyl (C=O) groups excluding carboxylic acids is 1. The van der Waals surface area contributed by atoms with Crippen LogP contribution in [0.5, 0.6) is 0 Å². The van der Waals surface area contributed by atoms with Gasteiger partial charge < -0.3 is 13.6 Å². The molecule has 0 aromatic heterocycles. The summed E-state index contributed by atoms with van der Waals surface area (Å²) >= 11 is 0. The molecule has 2 fully saturated rings. The highest BCUT2D eigenvalue weighted by atomic mass is 28.4. The minimum absolute atomic E-state index is 0.00955. The average Bonchev–Trinajstić information content (AvgIpc) is 3.43. The van der Waals surface area contributed by atoms with E-state index in [0.29, 0.717) is 18.3 Å². The molecule has 4 nitrogen and oxygen atoms in total. The van der Waals surface area contributed by atoms with Crippen molar-refractivity contribution < 1.29 is 18.4 Å². The average molecular weight is 533 g/mol. The first kappa shape index (κ1) is 29.6. The Hall–Kier alpha value is -0.956. The molecule has 1 heterocycles. The zero-order valence-corrected chi connectivity index (χ0v) is 25.9. The van der Waals surface area contributed by atoms with Gasteiger partial charge in [-0.3, -0.25) is 4.79 Å². The fourth-order valence-electron chi connectivity index (χ4n) is 6.78. The van der Waals surface area contributed by atoms with Crippen LogP contribution in [0.1, 0.15) is 79.2 Å². The van der Waals surface area contributed by atoms with Gasteiger partial charge in [0, 0.05) is 18.4 Å². The predicted octanol–water partition coefficient (Wildman–Crippen LogP) is 8.13. The van der Waals surface area contributed by atoms with Crippen LogP contribution < -0.4 is 0 Å². The first-order chi connectivity index (χ1) is 17.4. The monoisotopic (exact) mass is 532 g/mol. The maximum Gasteiger partial charge on any atom is 0.306 e. The summed E-state index contributed by atoms with van der Waals surface area (Å²) in [4.78, 5) is 12.2. The van der Waals surface area contributed by atoms with Crippen molar-refractivity contribution in [1.82, 2.24) is 0 Å². The van der Waals surface area contributed by atoms with Gasteiger partial charge in [-0.1, -0.05) is 71.9 Å². The first-order valence-electron chi connectivity index (χ1n) is 15.0. The van der Waals surface area contributed by atoms with Crippen LogP contribution in [-0.2, 0) is 24.8 Å². The van der Waals surface area contributed by atoms with Crippen molar-refractivity contribution in [2.45, 2.75) is 135 Å². The fraction of sp³-hybridized carbons (Fsp3) is 0.767. The zero-order chi connectivity index (χ0) is 26.2. The molecule has 2 aliphatic rings. The van der Waals surface area contributed by atoms with Crippen molar-refractivity contribution >= 4 is 22.6 Å². The Morgan fingerprint density at radius 1 is 0.889 bits per heavy atom. The van der Waals surface area contributed by atoms with Gasteiger partial charge in [0.1, 0.15) is 6.10 Å². The van der Waals surface area contributed by atoms with Gasteiger partial charge in [-0.05, 0) is 73.4 Å². The number of benzene rings is 1. The van der Waals surface area contributed by atoms with Crippen LogP contribution in [0.25, 0.3) is 0 Å². The Balaban J connectivity index is 1.75. The molecule has 36 heavy (non-hydrogen) atoms. The van der Waals surface area contributed by atoms with Gasteiger partial charge in [0.25, 0.3) is 0 Å². The van der Waals surface area contributed by atoms with Gasteiger partial charge in [0.2, 0.25) is 0 Å². The molecule has 1 aliphatic heterocycles. The minimum atomic E-state index is -1.73. The van der Waals surface area contributed by atoms with Crippen LogP contribution in [0.15, 0.2) is 30.3 Å². The third kappa shape index (κ3) is 7.12. The Morgan fingerprint density at radius 3 is 2.08 bits per heavy atom. The molecule has 5 atom stereocenters. The second kappa shape index (κ2) is 13.7. The van der Waals surface area contributed by atoms with Crippen molar-refractivity contribution in [3.63, 3.8) is 0 Å². The SMILES string of the molecule is CC[Si](CC)(CC)O[C@@H](CCc1ccccc1)CC[C@@H]1[C@H]2CC(=O)O[C@H]2C[C@H]1O[Si](CC)(CC)CC. The van der Waals surface area contributed by atoms with Crippen molar-refractivity contribution in [3.05, 3.63) is 35.9 Å². The smallest absolute Gasteiger partial charge is 0.306 e. The maximum absolute atomic E-state index is 12.2. The first-order valence-corrected chi connectivity index (χ1v) is 20.0. The van der Waals surface area contributed by atoms with E-state index in [1.165, 1.54) is 41.8 Å². The zero-order valence-electron chi connectivity index (χ0n) is 23.9. The van der Waals surface area contributed by atoms with Crippen molar-refractivity contribution in [3.8, 4) is 0 Å². The van der Waals surface area contributed by atoms with E-state index in [9.17, 15) is 4.79 Å². The number of hydrogen-bond donors (Lipinski definition) is 0. The molecular weight excluding hydrogens is 480 g/mol. The van der Waals surface area contributed by atoms with Gasteiger partial charge >= 0.3 is 5.97 Å². The summed E-state index contributed by atoms with van der Waals surface area (Å²) in [5, 5.41) is 0. The number of fused-ring (bicyclic) bond motifs is 1. The van der Waals surface area contributed by atoms with E-state index in [4.69, 9.17) is 13.6 Å². The number of esters is 1. The molecule has 1 saturated carbocycles. The van der Waals surface area contributed by atoms with E-state index in [2.05, 4.69) is 71.9 Å². The molecule has 0 unspecified atom stereocenters. The van der Waals surface area contributed by atoms with Crippen molar-refractivity contribution in [1.29, 1.82) is 0 Å². The topological polar surface area (TPSA) is 44.8 Å². The quantitative estimate of drug-likeness (QED) is 0.159. The number of hydrogen-bond acceptors (Lipinski definition) is 4. The summed E-state index contributed by atoms with van der Waals surface area (Å²) in [5.74, 6) is 0.714. The molecule has 204 valence electrons. The van der Waals surface area contributed by atoms with Crippen molar-refractivity contribution in [2.24, 2.45) is 11.8 Å². The highest BCUT2D eigenvalue weighted by Crippen LogP contribution is 2.47. The summed E-state index contributed by atoms with van der Waals surface area (Å²) in [6.45, 7) is 13.9. The van der Waals surface area contributed by atoms with Crippen LogP contribution in [0.3, 0.4) is 0 Å². The normalized spacial score (nSPS) is 25.1. The van der Waals surface area contributed by atoms with Crippen LogP contribution in [0, 0.1) is 11.8 Å². The molecule has 3 rings (SSSR count). The second-order valence-corrected chi connectivity index (χ2v) is 20.7. The molecule has 0 spiro atoms. The standard InChI is InChI=1S/C30H52O4Si2/c1-7-35(8-2,9-3)33-25(19-18-24-16-14-13-15-17-24)20-21-26-27-22-30(31)32-28(27)23-29(26)34-36(10-4,11-5)12-6/h13-17,25-29H,7-12,18-23H2,1-6H3/t25-,26+,27+,28-,29+/m0/s1. The van der Waals surface area contributed by atoms with Gasteiger partial charge in [0.05, 0.1) is 12.5 Å². The molecule has 1 saturated heterocycles. The molecule has 6 heteroatoms. The lowest BCUT2D eigenvalue weighted by molar-refractivity contribution is -0.141. The molecule has 0 N–H and O–H groups in total. The number of rotatable bonds is 16. The Labute approximate surface area is 223 Å². The van der Waals surface area contributed by atoms with E-state index < -0.39 is 16.6 Å². The minimum Gasteiger partial charge on any atom is -0.462 e. The highest BCUT2D eigenvalue weighted by molar-refractivity contribution is 6.74. The molecule has 1 aromatic rings. The van der Waals surface area contributed by atoms with Crippen LogP contribution in [0.2, 0.25) is 36.3 Å². The summed E-state index contributed by atoms with van der Waals surface area (Å²) in [6.07, 6.45) is 6.29. The van der Waals surface area contributed by atoms with Crippen LogP contribution >= 0.6 is 0 Å². The summed E-state index contributed by atoms with van der Waals surface area (Å²) in [6, 6.07) is 17.9. The fourth-order valence-corrected chi connectivity index (χ4v) is 12.6. The molecule has 0 bridgehead atoms. The van der Waals surface area contributed by atoms with Crippen molar-refractivity contribution in [2.75, 3.05) is 0 Å². The molecule has 1 aromatic carbocycles. The molecular formula is C30H52O4Si2. The van der Waals surface area contributed by atoms with Gasteiger partial charge in [-0.15, -0.1) is 0 Å². The third-order valence-corrected chi connectivity index (χ3v) is 19.1. The van der Waals surface area contributed by atoms with E-state index in [-0.39, 0.29) is 24.3 Å². The van der Waals surface area contributed by atoms with E-state index in [0.717, 1.165) is 32.1 Å². The number of ether oxygens (including phenoxy) is 1. The molecule has 1 aliphatic carbocycles. The number of carbonyl (C=O) groups is 1. The Morgan fingerprint density at radius 2 is 1.50 bits per heavy atom. The largest absolute Gasteiger partial charge is 0.462 e. The van der Waals surface area contributed by atoms with E-state index in [1.54, 1.807) is 0 Å². The summed E-state index contributed by atoms with van der Waals surface area (Å²) in [5.41, 5.74) is 1.39. The maximum atomic E-state index is 12.2. The van der Waals surface area contributed by atoms with Gasteiger partial charge in [-0.25, -0.2) is 0 Å². The van der Waals surface area contributed by atoms with E-state index >= 15 is 0 Å². The lowest BCUT2D eigenvalue weighted by Crippen LogP contribution is -2.42. The third-order valence-electron chi connectivity index (χ3n) is 9.76. The van der Waals surface area contributed by atoms with E-state index in [1.807, 2.05) is 0 Å². The van der Waals surface area contributed by atoms with Gasteiger partial charge in [-0.2, -0.15) is 0 Å². The molecule has 0 radical (unpaired) electrons.